The molecule has 0 bridgehead atoms. The number of rotatable bonds is 4. The first-order valence-electron chi connectivity index (χ1n) is 20.1. The number of nitrogens with zero attached hydrogens (tertiary/aromatic N) is 1. The van der Waals surface area contributed by atoms with E-state index in [1.54, 1.807) is 0 Å². The maximum atomic E-state index is 2.53. The number of benzene rings is 9. The quantitative estimate of drug-likeness (QED) is 0.174. The molecule has 1 spiro atoms. The van der Waals surface area contributed by atoms with Crippen LogP contribution < -0.4 is 4.90 Å². The highest BCUT2D eigenvalue weighted by Gasteiger charge is 2.50. The van der Waals surface area contributed by atoms with Gasteiger partial charge >= 0.3 is 0 Å². The molecule has 2 aromatic heterocycles. The van der Waals surface area contributed by atoms with Crippen molar-refractivity contribution < 1.29 is 0 Å². The maximum absolute atomic E-state index is 2.53. The van der Waals surface area contributed by atoms with Crippen LogP contribution in [0.5, 0.6) is 0 Å². The highest BCUT2D eigenvalue weighted by molar-refractivity contribution is 7.99. The number of thiophene rings is 2. The molecule has 0 fully saturated rings. The van der Waals surface area contributed by atoms with Gasteiger partial charge in [-0.1, -0.05) is 151 Å². The molecular weight excluding hydrogens is 771 g/mol. The molecule has 4 heteroatoms. The molecule has 0 N–H and O–H groups in total. The Hall–Kier alpha value is -6.43. The van der Waals surface area contributed by atoms with Gasteiger partial charge in [0.2, 0.25) is 0 Å². The SMILES string of the molecule is c1ccc(-c2ccc3sc4cccc(N(c5ccc6c(c5)Sc5ccccc5C65c6ccccc6-c6ccccc65)c5ccc6c(c5)sc5ccccc56)c4c3c2)cc1. The second-order valence-electron chi connectivity index (χ2n) is 15.6. The highest BCUT2D eigenvalue weighted by Crippen LogP contribution is 2.62. The topological polar surface area (TPSA) is 3.24 Å². The minimum Gasteiger partial charge on any atom is -0.310 e. The Morgan fingerprint density at radius 3 is 1.83 bits per heavy atom. The molecule has 0 atom stereocenters. The van der Waals surface area contributed by atoms with Crippen LogP contribution in [0.2, 0.25) is 0 Å². The normalized spacial score (nSPS) is 13.5. The Labute approximate surface area is 354 Å². The molecule has 276 valence electrons. The van der Waals surface area contributed by atoms with Gasteiger partial charge in [0.25, 0.3) is 0 Å². The van der Waals surface area contributed by atoms with E-state index in [2.05, 4.69) is 205 Å². The lowest BCUT2D eigenvalue weighted by atomic mass is 9.67. The predicted molar refractivity (Wildman–Crippen MR) is 254 cm³/mol. The Kier molecular flexibility index (Phi) is 7.27. The van der Waals surface area contributed by atoms with Crippen LogP contribution in [0.4, 0.5) is 17.1 Å². The number of hydrogen-bond donors (Lipinski definition) is 0. The lowest BCUT2D eigenvalue weighted by Crippen LogP contribution is -2.32. The molecule has 9 aromatic carbocycles. The summed E-state index contributed by atoms with van der Waals surface area (Å²) in [5.41, 5.74) is 13.6. The lowest BCUT2D eigenvalue weighted by molar-refractivity contribution is 0.722. The molecular formula is C55H33NS3. The molecule has 11 aromatic rings. The van der Waals surface area contributed by atoms with Crippen molar-refractivity contribution in [1.29, 1.82) is 0 Å². The molecule has 13 rings (SSSR count). The van der Waals surface area contributed by atoms with Gasteiger partial charge in [0.15, 0.2) is 0 Å². The van der Waals surface area contributed by atoms with Gasteiger partial charge in [0, 0.05) is 61.5 Å². The Balaban J connectivity index is 1.08. The minimum atomic E-state index is -0.416. The van der Waals surface area contributed by atoms with E-state index in [-0.39, 0.29) is 0 Å². The monoisotopic (exact) mass is 803 g/mol. The van der Waals surface area contributed by atoms with Crippen LogP contribution in [-0.2, 0) is 5.41 Å². The van der Waals surface area contributed by atoms with Crippen molar-refractivity contribution in [3.63, 3.8) is 0 Å². The lowest BCUT2D eigenvalue weighted by Gasteiger charge is -2.40. The fraction of sp³-hybridized carbons (Fsp3) is 0.0182. The van der Waals surface area contributed by atoms with Crippen LogP contribution in [0.1, 0.15) is 22.3 Å². The summed E-state index contributed by atoms with van der Waals surface area (Å²) in [5, 5.41) is 5.19. The van der Waals surface area contributed by atoms with Crippen molar-refractivity contribution >= 4 is 91.8 Å². The zero-order valence-electron chi connectivity index (χ0n) is 31.7. The van der Waals surface area contributed by atoms with Gasteiger partial charge in [-0.25, -0.2) is 0 Å². The van der Waals surface area contributed by atoms with E-state index in [0.717, 1.165) is 11.4 Å². The Morgan fingerprint density at radius 2 is 0.983 bits per heavy atom. The largest absolute Gasteiger partial charge is 0.310 e. The van der Waals surface area contributed by atoms with Crippen molar-refractivity contribution in [3.8, 4) is 22.3 Å². The third-order valence-electron chi connectivity index (χ3n) is 12.5. The van der Waals surface area contributed by atoms with Gasteiger partial charge in [0.1, 0.15) is 0 Å². The second-order valence-corrected chi connectivity index (χ2v) is 18.8. The summed E-state index contributed by atoms with van der Waals surface area (Å²) < 4.78 is 5.19. The van der Waals surface area contributed by atoms with Crippen LogP contribution in [0.25, 0.3) is 62.6 Å². The maximum Gasteiger partial charge on any atom is 0.0735 e. The first-order valence-corrected chi connectivity index (χ1v) is 22.5. The summed E-state index contributed by atoms with van der Waals surface area (Å²) >= 11 is 5.66. The standard InChI is InChI=1S/C55H33NS3/c1-2-13-34(14-3-1)35-25-30-49-42(31-35)54-47(21-12-24-51(54)57-49)56(36-26-28-41-40-17-6-10-22-48(40)58-52(41)32-36)37-27-29-46-53(33-37)59-50-23-11-9-20-45(50)55(46)43-18-7-4-15-38(43)39-16-5-8-19-44(39)55/h1-33H. The highest BCUT2D eigenvalue weighted by atomic mass is 32.2. The van der Waals surface area contributed by atoms with E-state index >= 15 is 0 Å². The molecule has 1 aliphatic heterocycles. The molecule has 1 nitrogen and oxygen atoms in total. The molecule has 0 amide bonds. The van der Waals surface area contributed by atoms with Crippen molar-refractivity contribution in [1.82, 2.24) is 0 Å². The fourth-order valence-corrected chi connectivity index (χ4v) is 13.5. The minimum absolute atomic E-state index is 0.416. The third-order valence-corrected chi connectivity index (χ3v) is 15.9. The summed E-state index contributed by atoms with van der Waals surface area (Å²) in [4.78, 5) is 5.12. The molecule has 2 aliphatic rings. The van der Waals surface area contributed by atoms with Crippen LogP contribution in [-0.4, -0.2) is 0 Å². The van der Waals surface area contributed by atoms with E-state index < -0.39 is 5.41 Å². The first kappa shape index (κ1) is 33.5. The average Bonchev–Trinajstić information content (AvgIpc) is 3.95. The third kappa shape index (κ3) is 4.79. The molecule has 0 saturated carbocycles. The number of fused-ring (bicyclic) bond motifs is 15. The summed E-state index contributed by atoms with van der Waals surface area (Å²) in [7, 11) is 0. The van der Waals surface area contributed by atoms with Crippen LogP contribution in [0, 0.1) is 0 Å². The van der Waals surface area contributed by atoms with Crippen LogP contribution in [0.3, 0.4) is 0 Å². The van der Waals surface area contributed by atoms with Gasteiger partial charge in [-0.2, -0.15) is 0 Å². The zero-order valence-corrected chi connectivity index (χ0v) is 34.2. The van der Waals surface area contributed by atoms with E-state index in [4.69, 9.17) is 0 Å². The summed E-state index contributed by atoms with van der Waals surface area (Å²) in [6, 6.07) is 75.0. The van der Waals surface area contributed by atoms with Crippen LogP contribution in [0.15, 0.2) is 210 Å². The van der Waals surface area contributed by atoms with E-state index in [1.807, 2.05) is 34.4 Å². The van der Waals surface area contributed by atoms with Crippen molar-refractivity contribution in [2.45, 2.75) is 15.2 Å². The zero-order chi connectivity index (χ0) is 38.7. The van der Waals surface area contributed by atoms with E-state index in [0.29, 0.717) is 0 Å². The van der Waals surface area contributed by atoms with E-state index in [9.17, 15) is 0 Å². The van der Waals surface area contributed by atoms with Gasteiger partial charge in [-0.15, -0.1) is 22.7 Å². The van der Waals surface area contributed by atoms with Crippen molar-refractivity contribution in [3.05, 3.63) is 222 Å². The number of hydrogen-bond acceptors (Lipinski definition) is 4. The average molecular weight is 804 g/mol. The van der Waals surface area contributed by atoms with Crippen molar-refractivity contribution in [2.75, 3.05) is 4.90 Å². The molecule has 0 saturated heterocycles. The fourth-order valence-electron chi connectivity index (χ4n) is 10.1. The second kappa shape index (κ2) is 12.8. The summed E-state index contributed by atoms with van der Waals surface area (Å²) in [6.07, 6.45) is 0. The smallest absolute Gasteiger partial charge is 0.0735 e. The number of anilines is 3. The Morgan fingerprint density at radius 1 is 0.356 bits per heavy atom. The van der Waals surface area contributed by atoms with Crippen molar-refractivity contribution in [2.24, 2.45) is 0 Å². The van der Waals surface area contributed by atoms with Gasteiger partial charge < -0.3 is 4.90 Å². The predicted octanol–water partition coefficient (Wildman–Crippen LogP) is 16.4. The van der Waals surface area contributed by atoms with E-state index in [1.165, 1.54) is 100 Å². The van der Waals surface area contributed by atoms with Gasteiger partial charge in [-0.05, 0) is 105 Å². The first-order chi connectivity index (χ1) is 29.2. The van der Waals surface area contributed by atoms with Crippen LogP contribution >= 0.6 is 34.4 Å². The molecule has 3 heterocycles. The molecule has 59 heavy (non-hydrogen) atoms. The summed E-state index contributed by atoms with van der Waals surface area (Å²) in [5.74, 6) is 0. The van der Waals surface area contributed by atoms with Gasteiger partial charge in [-0.3, -0.25) is 0 Å². The van der Waals surface area contributed by atoms with Gasteiger partial charge in [0.05, 0.1) is 11.1 Å². The Bertz CT molecular complexity index is 3460. The molecule has 1 aliphatic carbocycles. The summed E-state index contributed by atoms with van der Waals surface area (Å²) in [6.45, 7) is 0. The molecule has 0 unspecified atom stereocenters. The molecule has 0 radical (unpaired) electrons.